The molecule has 2 heterocycles. The third-order valence-electron chi connectivity index (χ3n) is 3.60. The van der Waals surface area contributed by atoms with E-state index in [2.05, 4.69) is 15.3 Å². The number of anilines is 2. The van der Waals surface area contributed by atoms with Gasteiger partial charge in [0.2, 0.25) is 5.95 Å². The van der Waals surface area contributed by atoms with E-state index < -0.39 is 0 Å². The van der Waals surface area contributed by atoms with Crippen molar-refractivity contribution < 1.29 is 4.39 Å². The zero-order chi connectivity index (χ0) is 15.6. The van der Waals surface area contributed by atoms with Crippen LogP contribution >= 0.6 is 0 Å². The molecule has 0 aliphatic heterocycles. The van der Waals surface area contributed by atoms with Crippen molar-refractivity contribution in [1.29, 1.82) is 0 Å². The van der Waals surface area contributed by atoms with Crippen molar-refractivity contribution >= 4 is 22.5 Å². The molecule has 4 nitrogen and oxygen atoms in total. The Labute approximate surface area is 132 Å². The summed E-state index contributed by atoms with van der Waals surface area (Å²) >= 11 is 0. The second-order valence-corrected chi connectivity index (χ2v) is 5.09. The van der Waals surface area contributed by atoms with Gasteiger partial charge in [-0.1, -0.05) is 24.3 Å². The molecule has 0 amide bonds. The van der Waals surface area contributed by atoms with E-state index in [1.807, 2.05) is 47.2 Å². The molecule has 23 heavy (non-hydrogen) atoms. The molecule has 5 heteroatoms. The number of fused-ring (bicyclic) bond motifs is 1. The molecule has 0 aliphatic rings. The topological polar surface area (TPSA) is 42.7 Å². The lowest BCUT2D eigenvalue weighted by Crippen LogP contribution is -2.01. The normalized spacial score (nSPS) is 10.8. The molecule has 0 fully saturated rings. The fraction of sp³-hybridized carbons (Fsp3) is 0. The Morgan fingerprint density at radius 1 is 0.913 bits per heavy atom. The van der Waals surface area contributed by atoms with E-state index in [0.29, 0.717) is 17.2 Å². The van der Waals surface area contributed by atoms with E-state index in [4.69, 9.17) is 0 Å². The third-order valence-corrected chi connectivity index (χ3v) is 3.60. The lowest BCUT2D eigenvalue weighted by molar-refractivity contribution is 0.640. The van der Waals surface area contributed by atoms with Crippen LogP contribution in [0, 0.1) is 5.82 Å². The van der Waals surface area contributed by atoms with Crippen LogP contribution in [0.1, 0.15) is 0 Å². The zero-order valence-electron chi connectivity index (χ0n) is 12.1. The Kier molecular flexibility index (Phi) is 3.24. The van der Waals surface area contributed by atoms with Crippen LogP contribution in [0.2, 0.25) is 0 Å². The van der Waals surface area contributed by atoms with E-state index in [1.54, 1.807) is 24.4 Å². The van der Waals surface area contributed by atoms with Crippen molar-refractivity contribution in [2.75, 3.05) is 5.32 Å². The smallest absolute Gasteiger partial charge is 0.229 e. The van der Waals surface area contributed by atoms with Gasteiger partial charge in [-0.15, -0.1) is 0 Å². The van der Waals surface area contributed by atoms with Crippen LogP contribution in [0.4, 0.5) is 16.0 Å². The van der Waals surface area contributed by atoms with Crippen LogP contribution in [-0.4, -0.2) is 14.5 Å². The molecule has 4 rings (SSSR count). The molecule has 0 aliphatic carbocycles. The van der Waals surface area contributed by atoms with Crippen LogP contribution in [0.15, 0.2) is 73.1 Å². The van der Waals surface area contributed by atoms with Crippen LogP contribution in [0.5, 0.6) is 0 Å². The van der Waals surface area contributed by atoms with Gasteiger partial charge in [-0.3, -0.25) is 0 Å². The minimum atomic E-state index is -0.238. The molecule has 0 unspecified atom stereocenters. The number of hydrogen-bond donors (Lipinski definition) is 1. The number of aromatic nitrogens is 3. The first-order valence-corrected chi connectivity index (χ1v) is 7.22. The highest BCUT2D eigenvalue weighted by molar-refractivity contribution is 5.82. The second-order valence-electron chi connectivity index (χ2n) is 5.09. The van der Waals surface area contributed by atoms with Crippen molar-refractivity contribution in [3.8, 4) is 5.82 Å². The summed E-state index contributed by atoms with van der Waals surface area (Å²) in [6.45, 7) is 0. The van der Waals surface area contributed by atoms with Gasteiger partial charge in [-0.25, -0.2) is 9.37 Å². The standard InChI is InChI=1S/C18H13FN4/c19-15-7-4-8-16-14(15)10-12-23(16)17-9-11-20-18(22-17)21-13-5-2-1-3-6-13/h1-12H,(H,20,21,22). The number of para-hydroxylation sites is 1. The number of nitrogens with zero attached hydrogens (tertiary/aromatic N) is 3. The summed E-state index contributed by atoms with van der Waals surface area (Å²) in [5.41, 5.74) is 1.68. The summed E-state index contributed by atoms with van der Waals surface area (Å²) in [7, 11) is 0. The van der Waals surface area contributed by atoms with Gasteiger partial charge in [-0.2, -0.15) is 4.98 Å². The van der Waals surface area contributed by atoms with Crippen molar-refractivity contribution in [3.63, 3.8) is 0 Å². The maximum Gasteiger partial charge on any atom is 0.229 e. The van der Waals surface area contributed by atoms with E-state index in [1.165, 1.54) is 6.07 Å². The first-order chi connectivity index (χ1) is 11.3. The van der Waals surface area contributed by atoms with Crippen molar-refractivity contribution in [2.24, 2.45) is 0 Å². The van der Waals surface area contributed by atoms with Crippen LogP contribution in [0.3, 0.4) is 0 Å². The summed E-state index contributed by atoms with van der Waals surface area (Å²) in [5.74, 6) is 0.934. The van der Waals surface area contributed by atoms with E-state index in [9.17, 15) is 4.39 Å². The lowest BCUT2D eigenvalue weighted by atomic mass is 10.2. The van der Waals surface area contributed by atoms with E-state index in [0.717, 1.165) is 11.2 Å². The van der Waals surface area contributed by atoms with E-state index in [-0.39, 0.29) is 5.82 Å². The Balaban J connectivity index is 1.74. The highest BCUT2D eigenvalue weighted by atomic mass is 19.1. The van der Waals surface area contributed by atoms with Gasteiger partial charge in [-0.05, 0) is 36.4 Å². The maximum atomic E-state index is 13.8. The van der Waals surface area contributed by atoms with Gasteiger partial charge in [0.05, 0.1) is 5.52 Å². The Morgan fingerprint density at radius 3 is 2.65 bits per heavy atom. The van der Waals surface area contributed by atoms with Gasteiger partial charge in [0.15, 0.2) is 0 Å². The monoisotopic (exact) mass is 304 g/mol. The molecular formula is C18H13FN4. The summed E-state index contributed by atoms with van der Waals surface area (Å²) < 4.78 is 15.7. The average molecular weight is 304 g/mol. The molecule has 0 saturated heterocycles. The van der Waals surface area contributed by atoms with Gasteiger partial charge in [0.1, 0.15) is 11.6 Å². The number of rotatable bonds is 3. The van der Waals surface area contributed by atoms with Gasteiger partial charge >= 0.3 is 0 Å². The predicted octanol–water partition coefficient (Wildman–Crippen LogP) is 4.30. The van der Waals surface area contributed by atoms with Crippen molar-refractivity contribution in [1.82, 2.24) is 14.5 Å². The largest absolute Gasteiger partial charge is 0.324 e. The van der Waals surface area contributed by atoms with Crippen LogP contribution < -0.4 is 5.32 Å². The fourth-order valence-electron chi connectivity index (χ4n) is 2.52. The second kappa shape index (κ2) is 5.53. The lowest BCUT2D eigenvalue weighted by Gasteiger charge is -2.08. The molecule has 112 valence electrons. The quantitative estimate of drug-likeness (QED) is 0.613. The number of hydrogen-bond acceptors (Lipinski definition) is 3. The Morgan fingerprint density at radius 2 is 1.78 bits per heavy atom. The molecule has 2 aromatic heterocycles. The molecule has 0 atom stereocenters. The maximum absolute atomic E-state index is 13.8. The summed E-state index contributed by atoms with van der Waals surface area (Å²) in [6, 6.07) is 18.3. The molecule has 0 radical (unpaired) electrons. The summed E-state index contributed by atoms with van der Waals surface area (Å²) in [5, 5.41) is 3.73. The minimum Gasteiger partial charge on any atom is -0.324 e. The zero-order valence-corrected chi connectivity index (χ0v) is 12.1. The number of halogens is 1. The average Bonchev–Trinajstić information content (AvgIpc) is 3.02. The fourth-order valence-corrected chi connectivity index (χ4v) is 2.52. The molecule has 1 N–H and O–H groups in total. The molecule has 0 saturated carbocycles. The van der Waals surface area contributed by atoms with Crippen LogP contribution in [0.25, 0.3) is 16.7 Å². The molecule has 0 spiro atoms. The molecular weight excluding hydrogens is 291 g/mol. The van der Waals surface area contributed by atoms with Crippen LogP contribution in [-0.2, 0) is 0 Å². The number of nitrogens with one attached hydrogen (secondary N) is 1. The first kappa shape index (κ1) is 13.5. The van der Waals surface area contributed by atoms with E-state index >= 15 is 0 Å². The Hall–Kier alpha value is -3.21. The first-order valence-electron chi connectivity index (χ1n) is 7.22. The molecule has 0 bridgehead atoms. The highest BCUT2D eigenvalue weighted by Gasteiger charge is 2.08. The molecule has 4 aromatic rings. The minimum absolute atomic E-state index is 0.238. The van der Waals surface area contributed by atoms with Crippen molar-refractivity contribution in [2.45, 2.75) is 0 Å². The SMILES string of the molecule is Fc1cccc2c1ccn2-c1ccnc(Nc2ccccc2)n1. The van der Waals surface area contributed by atoms with Gasteiger partial charge < -0.3 is 9.88 Å². The molecule has 2 aromatic carbocycles. The Bertz CT molecular complexity index is 963. The summed E-state index contributed by atoms with van der Waals surface area (Å²) in [6.07, 6.45) is 3.49. The van der Waals surface area contributed by atoms with Gasteiger partial charge in [0.25, 0.3) is 0 Å². The predicted molar refractivity (Wildman–Crippen MR) is 88.5 cm³/mol. The number of benzene rings is 2. The van der Waals surface area contributed by atoms with Gasteiger partial charge in [0, 0.05) is 23.5 Å². The summed E-state index contributed by atoms with van der Waals surface area (Å²) in [4.78, 5) is 8.74. The third kappa shape index (κ3) is 2.53. The highest BCUT2D eigenvalue weighted by Crippen LogP contribution is 2.22. The van der Waals surface area contributed by atoms with Crippen molar-refractivity contribution in [3.05, 3.63) is 78.9 Å².